The molecule has 7 heteroatoms. The van der Waals surface area contributed by atoms with Crippen LogP contribution < -0.4 is 5.32 Å². The molecular formula is C34H41N5O2. The summed E-state index contributed by atoms with van der Waals surface area (Å²) in [5.74, 6) is 1.25. The molecule has 0 bridgehead atoms. The summed E-state index contributed by atoms with van der Waals surface area (Å²) in [4.78, 5) is 26.2. The quantitative estimate of drug-likeness (QED) is 0.236. The number of amides is 1. The van der Waals surface area contributed by atoms with Gasteiger partial charge >= 0.3 is 6.09 Å². The minimum Gasteiger partial charge on any atom is -0.444 e. The van der Waals surface area contributed by atoms with Crippen molar-refractivity contribution in [3.8, 4) is 11.1 Å². The summed E-state index contributed by atoms with van der Waals surface area (Å²) in [6, 6.07) is 24.5. The van der Waals surface area contributed by atoms with Crippen LogP contribution in [0.5, 0.6) is 0 Å². The number of aromatic nitrogens is 2. The highest BCUT2D eigenvalue weighted by atomic mass is 16.6. The zero-order chi connectivity index (χ0) is 29.4. The Balaban J connectivity index is 0.00000189. The largest absolute Gasteiger partial charge is 0.444 e. The number of para-hydroxylation sites is 2. The van der Waals surface area contributed by atoms with Crippen LogP contribution in [0.25, 0.3) is 27.0 Å². The molecule has 1 unspecified atom stereocenters. The molecule has 7 nitrogen and oxygen atoms in total. The van der Waals surface area contributed by atoms with Crippen LogP contribution in [0, 0.1) is 12.5 Å². The van der Waals surface area contributed by atoms with Gasteiger partial charge in [0.2, 0.25) is 0 Å². The van der Waals surface area contributed by atoms with Crippen LogP contribution >= 0.6 is 0 Å². The molecule has 1 aliphatic heterocycles. The number of imidazole rings is 1. The van der Waals surface area contributed by atoms with Crippen molar-refractivity contribution in [2.75, 3.05) is 13.1 Å². The van der Waals surface area contributed by atoms with Gasteiger partial charge in [0, 0.05) is 19.1 Å². The lowest BCUT2D eigenvalue weighted by Gasteiger charge is -2.37. The average molecular weight is 552 g/mol. The fourth-order valence-electron chi connectivity index (χ4n) is 5.23. The van der Waals surface area contributed by atoms with Gasteiger partial charge in [0.15, 0.2) is 5.69 Å². The Morgan fingerprint density at radius 3 is 2.41 bits per heavy atom. The predicted molar refractivity (Wildman–Crippen MR) is 166 cm³/mol. The molecule has 214 valence electrons. The first-order chi connectivity index (χ1) is 19.8. The first kappa shape index (κ1) is 29.8. The van der Waals surface area contributed by atoms with Gasteiger partial charge in [-0.25, -0.2) is 14.6 Å². The van der Waals surface area contributed by atoms with E-state index >= 15 is 0 Å². The van der Waals surface area contributed by atoms with Crippen LogP contribution in [0.1, 0.15) is 64.9 Å². The van der Waals surface area contributed by atoms with Gasteiger partial charge in [-0.3, -0.25) is 0 Å². The summed E-state index contributed by atoms with van der Waals surface area (Å²) in [5, 5.41) is 3.77. The number of hydrogen-bond donors (Lipinski definition) is 2. The molecule has 0 radical (unpaired) electrons. The van der Waals surface area contributed by atoms with Crippen molar-refractivity contribution in [1.82, 2.24) is 20.2 Å². The summed E-state index contributed by atoms with van der Waals surface area (Å²) < 4.78 is 5.60. The number of benzene rings is 3. The Hall–Kier alpha value is -4.15. The summed E-state index contributed by atoms with van der Waals surface area (Å²) in [6.45, 7) is 19.0. The molecule has 0 spiro atoms. The van der Waals surface area contributed by atoms with Gasteiger partial charge in [-0.2, -0.15) is 0 Å². The van der Waals surface area contributed by atoms with Gasteiger partial charge in [0.05, 0.1) is 24.2 Å². The molecule has 5 rings (SSSR count). The molecule has 0 saturated carbocycles. The number of fused-ring (bicyclic) bond motifs is 1. The molecule has 41 heavy (non-hydrogen) atoms. The van der Waals surface area contributed by atoms with Crippen LogP contribution in [0.4, 0.5) is 10.5 Å². The fourth-order valence-corrected chi connectivity index (χ4v) is 5.23. The second-order valence-corrected chi connectivity index (χ2v) is 11.1. The second-order valence-electron chi connectivity index (χ2n) is 11.1. The second kappa shape index (κ2) is 13.5. The van der Waals surface area contributed by atoms with Crippen LogP contribution in [0.2, 0.25) is 0 Å². The monoisotopic (exact) mass is 551 g/mol. The molecule has 0 aliphatic carbocycles. The highest BCUT2D eigenvalue weighted by molar-refractivity contribution is 5.74. The molecule has 1 amide bonds. The maximum Gasteiger partial charge on any atom is 0.410 e. The molecule has 1 aromatic heterocycles. The number of piperidine rings is 1. The van der Waals surface area contributed by atoms with E-state index in [-0.39, 0.29) is 12.1 Å². The van der Waals surface area contributed by atoms with E-state index in [9.17, 15) is 4.79 Å². The summed E-state index contributed by atoms with van der Waals surface area (Å²) in [6.07, 6.45) is 1.52. The smallest absolute Gasteiger partial charge is 0.410 e. The Kier molecular flexibility index (Phi) is 9.80. The van der Waals surface area contributed by atoms with E-state index in [0.717, 1.165) is 40.8 Å². The average Bonchev–Trinajstić information content (AvgIpc) is 3.41. The van der Waals surface area contributed by atoms with Gasteiger partial charge in [-0.1, -0.05) is 68.4 Å². The SMILES string of the molecule is CC.[C-]#[N+]c1cccc(-c2ccc(C(NCc3nc4ccccc4[nH]3)C3CCN(C(=O)OC(C)(C)C)CC3)cc2)c1. The van der Waals surface area contributed by atoms with Crippen molar-refractivity contribution in [1.29, 1.82) is 0 Å². The topological polar surface area (TPSA) is 74.6 Å². The van der Waals surface area contributed by atoms with Gasteiger partial charge in [-0.15, -0.1) is 0 Å². The van der Waals surface area contributed by atoms with E-state index in [1.807, 2.05) is 88.0 Å². The molecular weight excluding hydrogens is 510 g/mol. The summed E-state index contributed by atoms with van der Waals surface area (Å²) in [7, 11) is 0. The van der Waals surface area contributed by atoms with Crippen molar-refractivity contribution in [3.63, 3.8) is 0 Å². The van der Waals surface area contributed by atoms with E-state index in [1.54, 1.807) is 0 Å². The summed E-state index contributed by atoms with van der Waals surface area (Å²) >= 11 is 0. The Morgan fingerprint density at radius 2 is 1.76 bits per heavy atom. The lowest BCUT2D eigenvalue weighted by atomic mass is 9.85. The normalized spacial score (nSPS) is 14.6. The molecule has 1 saturated heterocycles. The molecule has 1 atom stereocenters. The maximum absolute atomic E-state index is 12.6. The number of nitrogens with zero attached hydrogens (tertiary/aromatic N) is 3. The first-order valence-corrected chi connectivity index (χ1v) is 14.5. The highest BCUT2D eigenvalue weighted by Crippen LogP contribution is 2.33. The number of ether oxygens (including phenoxy) is 1. The van der Waals surface area contributed by atoms with Gasteiger partial charge in [0.25, 0.3) is 0 Å². The number of hydrogen-bond acceptors (Lipinski definition) is 4. The third-order valence-electron chi connectivity index (χ3n) is 7.17. The Labute approximate surface area is 243 Å². The third kappa shape index (κ3) is 7.74. The number of rotatable bonds is 6. The summed E-state index contributed by atoms with van der Waals surface area (Å²) in [5.41, 5.74) is 5.45. The number of carbonyl (C=O) groups excluding carboxylic acids is 1. The van der Waals surface area contributed by atoms with Crippen LogP contribution in [0.15, 0.2) is 72.8 Å². The minimum atomic E-state index is -0.499. The van der Waals surface area contributed by atoms with Crippen LogP contribution in [0.3, 0.4) is 0 Å². The lowest BCUT2D eigenvalue weighted by Crippen LogP contribution is -2.44. The van der Waals surface area contributed by atoms with Crippen LogP contribution in [-0.4, -0.2) is 39.7 Å². The van der Waals surface area contributed by atoms with E-state index in [0.29, 0.717) is 31.2 Å². The Morgan fingerprint density at radius 1 is 1.05 bits per heavy atom. The zero-order valence-corrected chi connectivity index (χ0v) is 24.8. The lowest BCUT2D eigenvalue weighted by molar-refractivity contribution is 0.0168. The minimum absolute atomic E-state index is 0.0997. The highest BCUT2D eigenvalue weighted by Gasteiger charge is 2.31. The maximum atomic E-state index is 12.6. The molecule has 2 heterocycles. The molecule has 2 N–H and O–H groups in total. The predicted octanol–water partition coefficient (Wildman–Crippen LogP) is 8.28. The van der Waals surface area contributed by atoms with E-state index in [2.05, 4.69) is 39.4 Å². The number of aromatic amines is 1. The number of likely N-dealkylation sites (tertiary alicyclic amines) is 1. The van der Waals surface area contributed by atoms with E-state index < -0.39 is 5.60 Å². The molecule has 3 aromatic carbocycles. The van der Waals surface area contributed by atoms with Crippen molar-refractivity contribution < 1.29 is 9.53 Å². The molecule has 4 aromatic rings. The first-order valence-electron chi connectivity index (χ1n) is 14.5. The van der Waals surface area contributed by atoms with Gasteiger partial charge < -0.3 is 19.9 Å². The Bertz CT molecular complexity index is 1440. The number of carbonyl (C=O) groups is 1. The number of nitrogens with one attached hydrogen (secondary N) is 2. The van der Waals surface area contributed by atoms with Crippen molar-refractivity contribution in [3.05, 3.63) is 95.6 Å². The molecule has 1 aliphatic rings. The van der Waals surface area contributed by atoms with Crippen molar-refractivity contribution in [2.45, 2.75) is 65.6 Å². The molecule has 1 fully saturated rings. The van der Waals surface area contributed by atoms with Gasteiger partial charge in [-0.05, 0) is 74.4 Å². The van der Waals surface area contributed by atoms with E-state index in [4.69, 9.17) is 16.3 Å². The van der Waals surface area contributed by atoms with Crippen molar-refractivity contribution in [2.24, 2.45) is 5.92 Å². The number of H-pyrrole nitrogens is 1. The van der Waals surface area contributed by atoms with Crippen molar-refractivity contribution >= 4 is 22.8 Å². The van der Waals surface area contributed by atoms with Crippen LogP contribution in [-0.2, 0) is 11.3 Å². The van der Waals surface area contributed by atoms with E-state index in [1.165, 1.54) is 5.56 Å². The standard InChI is InChI=1S/C32H35N5O2.C2H6/c1-32(2,3)39-31(38)37-18-16-24(17-19-37)30(34-21-29-35-27-10-5-6-11-28(27)36-29)23-14-12-22(13-15-23)25-8-7-9-26(20-25)33-4;1-2/h5-15,20,24,30,34H,16-19,21H2,1-3H3,(H,35,36);1-2H3. The van der Waals surface area contributed by atoms with Gasteiger partial charge in [0.1, 0.15) is 11.4 Å². The zero-order valence-electron chi connectivity index (χ0n) is 24.8. The third-order valence-corrected chi connectivity index (χ3v) is 7.17. The fraction of sp³-hybridized carbons (Fsp3) is 0.382.